The van der Waals surface area contributed by atoms with Gasteiger partial charge in [0, 0.05) is 16.0 Å². The lowest BCUT2D eigenvalue weighted by Crippen LogP contribution is -1.84. The summed E-state index contributed by atoms with van der Waals surface area (Å²) < 4.78 is 7.39. The van der Waals surface area contributed by atoms with Crippen molar-refractivity contribution in [1.29, 1.82) is 0 Å². The van der Waals surface area contributed by atoms with Gasteiger partial charge in [-0.2, -0.15) is 0 Å². The van der Waals surface area contributed by atoms with E-state index in [0.29, 0.717) is 5.88 Å². The van der Waals surface area contributed by atoms with Crippen molar-refractivity contribution in [2.24, 2.45) is 0 Å². The zero-order valence-electron chi connectivity index (χ0n) is 7.58. The number of ether oxygens (including phenoxy) is 1. The Hall–Kier alpha value is -0.380. The Kier molecular flexibility index (Phi) is 2.91. The Balaban J connectivity index is 2.82. The molecule has 0 saturated heterocycles. The summed E-state index contributed by atoms with van der Waals surface area (Å²) in [5.41, 5.74) is 1.09. The second-order valence-corrected chi connectivity index (χ2v) is 4.93. The van der Waals surface area contributed by atoms with Gasteiger partial charge >= 0.3 is 0 Å². The van der Waals surface area contributed by atoms with Gasteiger partial charge in [0.2, 0.25) is 0 Å². The molecule has 0 aliphatic rings. The van der Waals surface area contributed by atoms with Gasteiger partial charge in [-0.15, -0.1) is 35.6 Å². The third-order valence-corrected chi connectivity index (χ3v) is 3.79. The lowest BCUT2D eigenvalue weighted by molar-refractivity contribution is 0.413. The molecule has 0 amide bonds. The van der Waals surface area contributed by atoms with Crippen LogP contribution in [0.3, 0.4) is 0 Å². The van der Waals surface area contributed by atoms with Crippen LogP contribution in [0, 0.1) is 0 Å². The fourth-order valence-corrected chi connectivity index (χ4v) is 3.16. The van der Waals surface area contributed by atoms with Gasteiger partial charge in [0.05, 0.1) is 7.11 Å². The molecule has 0 spiro atoms. The van der Waals surface area contributed by atoms with E-state index >= 15 is 0 Å². The molecule has 0 aliphatic carbocycles. The van der Waals surface area contributed by atoms with Crippen LogP contribution < -0.4 is 4.74 Å². The predicted octanol–water partition coefficient (Wildman–Crippen LogP) is 3.94. The van der Waals surface area contributed by atoms with Crippen LogP contribution in [0.2, 0.25) is 0 Å². The third-order valence-electron chi connectivity index (χ3n) is 2.09. The number of halogens is 1. The average molecular weight is 245 g/mol. The predicted molar refractivity (Wildman–Crippen MR) is 65.2 cm³/mol. The Morgan fingerprint density at radius 1 is 1.50 bits per heavy atom. The van der Waals surface area contributed by atoms with Gasteiger partial charge in [0.1, 0.15) is 4.21 Å². The van der Waals surface area contributed by atoms with Gasteiger partial charge in [-0.3, -0.25) is 0 Å². The van der Waals surface area contributed by atoms with E-state index in [1.54, 1.807) is 18.4 Å². The lowest BCUT2D eigenvalue weighted by Gasteiger charge is -2.02. The minimum Gasteiger partial charge on any atom is -0.494 e. The Labute approximate surface area is 97.1 Å². The Morgan fingerprint density at radius 2 is 2.29 bits per heavy atom. The Morgan fingerprint density at radius 3 is 2.93 bits per heavy atom. The van der Waals surface area contributed by atoms with Crippen molar-refractivity contribution < 1.29 is 4.74 Å². The summed E-state index contributed by atoms with van der Waals surface area (Å²) in [6.45, 7) is 0. The highest BCUT2D eigenvalue weighted by Gasteiger charge is 2.12. The molecule has 0 N–H and O–H groups in total. The van der Waals surface area contributed by atoms with E-state index in [2.05, 4.69) is 18.7 Å². The molecule has 0 unspecified atom stereocenters. The lowest BCUT2D eigenvalue weighted by atomic mass is 10.1. The average Bonchev–Trinajstić information content (AvgIpc) is 2.52. The van der Waals surface area contributed by atoms with Gasteiger partial charge in [-0.25, -0.2) is 0 Å². The molecule has 2 aromatic rings. The molecule has 0 fully saturated rings. The van der Waals surface area contributed by atoms with Crippen LogP contribution in [-0.4, -0.2) is 7.11 Å². The summed E-state index contributed by atoms with van der Waals surface area (Å²) in [5.74, 6) is 1.34. The van der Waals surface area contributed by atoms with E-state index in [1.807, 2.05) is 12.1 Å². The number of methoxy groups -OCH3 is 1. The van der Waals surface area contributed by atoms with Gasteiger partial charge in [0.25, 0.3) is 0 Å². The maximum absolute atomic E-state index is 5.87. The number of fused-ring (bicyclic) bond motifs is 1. The second kappa shape index (κ2) is 4.01. The van der Waals surface area contributed by atoms with E-state index in [-0.39, 0.29) is 0 Å². The summed E-state index contributed by atoms with van der Waals surface area (Å²) in [4.78, 5) is 0. The van der Waals surface area contributed by atoms with Crippen molar-refractivity contribution in [3.8, 4) is 5.75 Å². The molecule has 1 nitrogen and oxygen atoms in total. The van der Waals surface area contributed by atoms with Crippen LogP contribution in [0.4, 0.5) is 0 Å². The summed E-state index contributed by atoms with van der Waals surface area (Å²) in [5, 5.41) is 1.10. The molecular formula is C10H9ClOS2. The quantitative estimate of drug-likeness (QED) is 0.622. The molecular weight excluding hydrogens is 236 g/mol. The van der Waals surface area contributed by atoms with E-state index in [9.17, 15) is 0 Å². The van der Waals surface area contributed by atoms with Crippen molar-refractivity contribution >= 4 is 45.7 Å². The Bertz CT molecular complexity index is 464. The number of benzene rings is 1. The zero-order valence-corrected chi connectivity index (χ0v) is 10.0. The molecule has 0 bridgehead atoms. The molecule has 0 radical (unpaired) electrons. The van der Waals surface area contributed by atoms with Crippen LogP contribution in [0.5, 0.6) is 5.75 Å². The number of hydrogen-bond donors (Lipinski definition) is 1. The minimum atomic E-state index is 0.498. The van der Waals surface area contributed by atoms with E-state index in [1.165, 1.54) is 4.70 Å². The summed E-state index contributed by atoms with van der Waals surface area (Å²) >= 11 is 11.9. The summed E-state index contributed by atoms with van der Waals surface area (Å²) in [6, 6.07) is 6.07. The fourth-order valence-electron chi connectivity index (χ4n) is 1.48. The molecule has 0 aliphatic heterocycles. The monoisotopic (exact) mass is 244 g/mol. The first-order valence-electron chi connectivity index (χ1n) is 4.11. The van der Waals surface area contributed by atoms with Crippen molar-refractivity contribution in [3.63, 3.8) is 0 Å². The highest BCUT2D eigenvalue weighted by Crippen LogP contribution is 2.42. The van der Waals surface area contributed by atoms with Crippen LogP contribution in [0.1, 0.15) is 5.56 Å². The molecule has 1 aromatic carbocycles. The van der Waals surface area contributed by atoms with Gasteiger partial charge in [-0.05, 0) is 11.6 Å². The first-order chi connectivity index (χ1) is 6.77. The molecule has 1 heterocycles. The smallest absolute Gasteiger partial charge is 0.151 e. The number of rotatable bonds is 2. The van der Waals surface area contributed by atoms with Crippen molar-refractivity contribution in [2.45, 2.75) is 10.1 Å². The number of thiol groups is 1. The fraction of sp³-hybridized carbons (Fsp3) is 0.200. The normalized spacial score (nSPS) is 10.8. The van der Waals surface area contributed by atoms with Crippen molar-refractivity contribution in [1.82, 2.24) is 0 Å². The number of alkyl halides is 1. The summed E-state index contributed by atoms with van der Waals surface area (Å²) in [7, 11) is 1.66. The minimum absolute atomic E-state index is 0.498. The van der Waals surface area contributed by atoms with Crippen LogP contribution in [0.25, 0.3) is 10.1 Å². The van der Waals surface area contributed by atoms with Gasteiger partial charge in [0.15, 0.2) is 5.75 Å². The zero-order chi connectivity index (χ0) is 10.1. The van der Waals surface area contributed by atoms with Crippen molar-refractivity contribution in [2.75, 3.05) is 7.11 Å². The van der Waals surface area contributed by atoms with Crippen LogP contribution >= 0.6 is 35.6 Å². The maximum atomic E-state index is 5.87. The summed E-state index contributed by atoms with van der Waals surface area (Å²) in [6.07, 6.45) is 0. The largest absolute Gasteiger partial charge is 0.494 e. The van der Waals surface area contributed by atoms with E-state index < -0.39 is 0 Å². The topological polar surface area (TPSA) is 9.23 Å². The highest BCUT2D eigenvalue weighted by molar-refractivity contribution is 7.83. The van der Waals surface area contributed by atoms with Gasteiger partial charge < -0.3 is 4.74 Å². The molecule has 74 valence electrons. The molecule has 1 aromatic heterocycles. The highest BCUT2D eigenvalue weighted by atomic mass is 35.5. The maximum Gasteiger partial charge on any atom is 0.151 e. The molecule has 0 saturated carbocycles. The molecule has 2 rings (SSSR count). The first kappa shape index (κ1) is 10.1. The van der Waals surface area contributed by atoms with Crippen LogP contribution in [0.15, 0.2) is 22.4 Å². The SMILES string of the molecule is COc1c(S)sc2cccc(CCl)c12. The van der Waals surface area contributed by atoms with Crippen LogP contribution in [-0.2, 0) is 5.88 Å². The third kappa shape index (κ3) is 1.49. The van der Waals surface area contributed by atoms with Crippen molar-refractivity contribution in [3.05, 3.63) is 23.8 Å². The number of hydrogen-bond acceptors (Lipinski definition) is 3. The second-order valence-electron chi connectivity index (χ2n) is 2.86. The molecule has 4 heteroatoms. The first-order valence-corrected chi connectivity index (χ1v) is 5.91. The van der Waals surface area contributed by atoms with E-state index in [0.717, 1.165) is 20.9 Å². The van der Waals surface area contributed by atoms with Gasteiger partial charge in [-0.1, -0.05) is 12.1 Å². The van der Waals surface area contributed by atoms with E-state index in [4.69, 9.17) is 16.3 Å². The molecule has 14 heavy (non-hydrogen) atoms. The molecule has 0 atom stereocenters. The number of thiophene rings is 1. The standard InChI is InChI=1S/C10H9ClOS2/c1-12-9-8-6(5-11)3-2-4-7(8)14-10(9)13/h2-4,13H,5H2,1H3.